The quantitative estimate of drug-likeness (QED) is 0.702. The van der Waals surface area contributed by atoms with Crippen molar-refractivity contribution in [2.24, 2.45) is 5.73 Å². The second kappa shape index (κ2) is 5.98. The molecule has 1 aromatic carbocycles. The topological polar surface area (TPSA) is 64.3 Å². The summed E-state index contributed by atoms with van der Waals surface area (Å²) >= 11 is 0. The molecule has 4 heteroatoms. The fraction of sp³-hybridized carbons (Fsp3) is 0.500. The van der Waals surface area contributed by atoms with E-state index in [9.17, 15) is 4.79 Å². The maximum absolute atomic E-state index is 12.2. The number of benzene rings is 1. The van der Waals surface area contributed by atoms with Gasteiger partial charge in [-0.1, -0.05) is 30.3 Å². The van der Waals surface area contributed by atoms with Crippen molar-refractivity contribution in [2.75, 3.05) is 26.3 Å². The minimum atomic E-state index is -0.283. The highest BCUT2D eigenvalue weighted by atomic mass is 16.5. The molecule has 1 aliphatic rings. The predicted octanol–water partition coefficient (Wildman–Crippen LogP) is 0.810. The lowest BCUT2D eigenvalue weighted by atomic mass is 9.95. The molecule has 1 fully saturated rings. The Morgan fingerprint density at radius 3 is 2.61 bits per heavy atom. The van der Waals surface area contributed by atoms with Gasteiger partial charge in [-0.3, -0.25) is 4.79 Å². The molecule has 0 aliphatic heterocycles. The Kier molecular flexibility index (Phi) is 4.33. The monoisotopic (exact) mass is 248 g/mol. The van der Waals surface area contributed by atoms with Crippen molar-refractivity contribution in [2.45, 2.75) is 18.3 Å². The molecule has 0 radical (unpaired) electrons. The standard InChI is InChI=1S/C14H20N2O2/c15-8-10-18-11-9-16-13(17)14(6-7-14)12-4-2-1-3-5-12/h1-5H,6-11,15H2,(H,16,17). The molecule has 1 aliphatic carbocycles. The van der Waals surface area contributed by atoms with Crippen LogP contribution in [-0.4, -0.2) is 32.2 Å². The molecule has 2 rings (SSSR count). The van der Waals surface area contributed by atoms with Gasteiger partial charge in [-0.15, -0.1) is 0 Å². The van der Waals surface area contributed by atoms with Gasteiger partial charge in [0.05, 0.1) is 18.6 Å². The molecule has 4 nitrogen and oxygen atoms in total. The van der Waals surface area contributed by atoms with E-state index in [4.69, 9.17) is 10.5 Å². The van der Waals surface area contributed by atoms with Gasteiger partial charge in [0.25, 0.3) is 0 Å². The van der Waals surface area contributed by atoms with Gasteiger partial charge in [0.2, 0.25) is 5.91 Å². The Morgan fingerprint density at radius 2 is 2.00 bits per heavy atom. The summed E-state index contributed by atoms with van der Waals surface area (Å²) in [5.41, 5.74) is 6.15. The fourth-order valence-electron chi connectivity index (χ4n) is 2.12. The number of carbonyl (C=O) groups is 1. The van der Waals surface area contributed by atoms with E-state index >= 15 is 0 Å². The van der Waals surface area contributed by atoms with Crippen molar-refractivity contribution in [1.29, 1.82) is 0 Å². The van der Waals surface area contributed by atoms with Crippen LogP contribution in [0.4, 0.5) is 0 Å². The second-order valence-electron chi connectivity index (χ2n) is 4.61. The Balaban J connectivity index is 1.82. The van der Waals surface area contributed by atoms with Crippen LogP contribution in [0.2, 0.25) is 0 Å². The molecule has 3 N–H and O–H groups in total. The van der Waals surface area contributed by atoms with Crippen LogP contribution in [0.1, 0.15) is 18.4 Å². The third-order valence-electron chi connectivity index (χ3n) is 3.31. The van der Waals surface area contributed by atoms with Gasteiger partial charge >= 0.3 is 0 Å². The minimum Gasteiger partial charge on any atom is -0.378 e. The minimum absolute atomic E-state index is 0.116. The molecule has 0 aromatic heterocycles. The van der Waals surface area contributed by atoms with E-state index in [1.54, 1.807) is 0 Å². The van der Waals surface area contributed by atoms with Crippen LogP contribution in [0.15, 0.2) is 30.3 Å². The highest BCUT2D eigenvalue weighted by molar-refractivity contribution is 5.91. The Bertz CT molecular complexity index is 388. The van der Waals surface area contributed by atoms with E-state index in [0.717, 1.165) is 18.4 Å². The van der Waals surface area contributed by atoms with Crippen LogP contribution >= 0.6 is 0 Å². The molecule has 98 valence electrons. The van der Waals surface area contributed by atoms with Crippen molar-refractivity contribution >= 4 is 5.91 Å². The third kappa shape index (κ3) is 2.89. The first kappa shape index (κ1) is 13.1. The summed E-state index contributed by atoms with van der Waals surface area (Å²) in [5.74, 6) is 0.116. The number of ether oxygens (including phenoxy) is 1. The number of amides is 1. The zero-order chi connectivity index (χ0) is 12.8. The Hall–Kier alpha value is -1.39. The maximum atomic E-state index is 12.2. The van der Waals surface area contributed by atoms with Gasteiger partial charge in [0.15, 0.2) is 0 Å². The summed E-state index contributed by atoms with van der Waals surface area (Å²) in [6.07, 6.45) is 1.87. The van der Waals surface area contributed by atoms with Gasteiger partial charge in [-0.05, 0) is 18.4 Å². The van der Waals surface area contributed by atoms with Crippen molar-refractivity contribution in [3.05, 3.63) is 35.9 Å². The van der Waals surface area contributed by atoms with Crippen molar-refractivity contribution in [3.63, 3.8) is 0 Å². The van der Waals surface area contributed by atoms with Crippen LogP contribution in [0, 0.1) is 0 Å². The number of hydrogen-bond acceptors (Lipinski definition) is 3. The number of rotatable bonds is 7. The van der Waals surface area contributed by atoms with E-state index in [1.807, 2.05) is 30.3 Å². The number of nitrogens with two attached hydrogens (primary N) is 1. The van der Waals surface area contributed by atoms with E-state index in [0.29, 0.717) is 26.3 Å². The molecule has 0 heterocycles. The average Bonchev–Trinajstić information content (AvgIpc) is 3.21. The summed E-state index contributed by atoms with van der Waals surface area (Å²) in [7, 11) is 0. The van der Waals surface area contributed by atoms with Crippen LogP contribution in [-0.2, 0) is 14.9 Å². The molecule has 18 heavy (non-hydrogen) atoms. The SMILES string of the molecule is NCCOCCNC(=O)C1(c2ccccc2)CC1. The summed E-state index contributed by atoms with van der Waals surface area (Å²) < 4.78 is 5.23. The molecular formula is C14H20N2O2. The summed E-state index contributed by atoms with van der Waals surface area (Å²) in [6.45, 7) is 2.13. The summed E-state index contributed by atoms with van der Waals surface area (Å²) in [5, 5.41) is 2.94. The lowest BCUT2D eigenvalue weighted by Gasteiger charge is -2.15. The smallest absolute Gasteiger partial charge is 0.230 e. The van der Waals surface area contributed by atoms with Crippen LogP contribution in [0.3, 0.4) is 0 Å². The van der Waals surface area contributed by atoms with Gasteiger partial charge in [0.1, 0.15) is 0 Å². The van der Waals surface area contributed by atoms with Crippen LogP contribution in [0.25, 0.3) is 0 Å². The first-order valence-corrected chi connectivity index (χ1v) is 6.41. The predicted molar refractivity (Wildman–Crippen MR) is 70.2 cm³/mol. The van der Waals surface area contributed by atoms with Crippen LogP contribution in [0.5, 0.6) is 0 Å². The summed E-state index contributed by atoms with van der Waals surface area (Å²) in [4.78, 5) is 12.2. The molecule has 0 atom stereocenters. The van der Waals surface area contributed by atoms with Crippen LogP contribution < -0.4 is 11.1 Å². The normalized spacial score (nSPS) is 16.3. The lowest BCUT2D eigenvalue weighted by molar-refractivity contribution is -0.123. The van der Waals surface area contributed by atoms with E-state index in [-0.39, 0.29) is 11.3 Å². The fourth-order valence-corrected chi connectivity index (χ4v) is 2.12. The Labute approximate surface area is 108 Å². The summed E-state index contributed by atoms with van der Waals surface area (Å²) in [6, 6.07) is 9.98. The van der Waals surface area contributed by atoms with Gasteiger partial charge in [-0.25, -0.2) is 0 Å². The molecule has 0 unspecified atom stereocenters. The first-order valence-electron chi connectivity index (χ1n) is 6.41. The van der Waals surface area contributed by atoms with Crippen molar-refractivity contribution in [1.82, 2.24) is 5.32 Å². The van der Waals surface area contributed by atoms with Gasteiger partial charge < -0.3 is 15.8 Å². The highest BCUT2D eigenvalue weighted by Crippen LogP contribution is 2.48. The number of hydrogen-bond donors (Lipinski definition) is 2. The van der Waals surface area contributed by atoms with Gasteiger partial charge in [0, 0.05) is 13.1 Å². The molecule has 0 bridgehead atoms. The molecule has 1 aromatic rings. The molecule has 1 amide bonds. The second-order valence-corrected chi connectivity index (χ2v) is 4.61. The number of nitrogens with one attached hydrogen (secondary N) is 1. The first-order chi connectivity index (χ1) is 8.79. The van der Waals surface area contributed by atoms with E-state index in [2.05, 4.69) is 5.32 Å². The molecule has 0 spiro atoms. The lowest BCUT2D eigenvalue weighted by Crippen LogP contribution is -2.36. The van der Waals surface area contributed by atoms with E-state index < -0.39 is 0 Å². The maximum Gasteiger partial charge on any atom is 0.230 e. The van der Waals surface area contributed by atoms with Crippen molar-refractivity contribution in [3.8, 4) is 0 Å². The van der Waals surface area contributed by atoms with Gasteiger partial charge in [-0.2, -0.15) is 0 Å². The van der Waals surface area contributed by atoms with Crippen molar-refractivity contribution < 1.29 is 9.53 Å². The average molecular weight is 248 g/mol. The third-order valence-corrected chi connectivity index (χ3v) is 3.31. The number of carbonyl (C=O) groups excluding carboxylic acids is 1. The Morgan fingerprint density at radius 1 is 1.28 bits per heavy atom. The largest absolute Gasteiger partial charge is 0.378 e. The molecule has 1 saturated carbocycles. The molecule has 0 saturated heterocycles. The highest BCUT2D eigenvalue weighted by Gasteiger charge is 2.50. The molecular weight excluding hydrogens is 228 g/mol. The zero-order valence-corrected chi connectivity index (χ0v) is 10.5. The van der Waals surface area contributed by atoms with E-state index in [1.165, 1.54) is 0 Å². The zero-order valence-electron chi connectivity index (χ0n) is 10.5.